The molecule has 2 fully saturated rings. The van der Waals surface area contributed by atoms with Crippen molar-refractivity contribution in [3.63, 3.8) is 0 Å². The highest BCUT2D eigenvalue weighted by molar-refractivity contribution is 5.47. The Morgan fingerprint density at radius 1 is 1.33 bits per heavy atom. The number of nitrogens with zero attached hydrogens (tertiary/aromatic N) is 2. The van der Waals surface area contributed by atoms with Gasteiger partial charge in [-0.05, 0) is 43.6 Å². The molecule has 0 radical (unpaired) electrons. The van der Waals surface area contributed by atoms with Crippen LogP contribution in [0, 0.1) is 11.2 Å². The summed E-state index contributed by atoms with van der Waals surface area (Å²) < 4.78 is 13.5. The summed E-state index contributed by atoms with van der Waals surface area (Å²) in [5.41, 5.74) is 1.41. The monoisotopic (exact) mass is 291 g/mol. The number of hydrogen-bond donors (Lipinski definition) is 1. The minimum Gasteiger partial charge on any atom is -0.356 e. The van der Waals surface area contributed by atoms with Gasteiger partial charge in [0, 0.05) is 31.2 Å². The normalized spacial score (nSPS) is 22.1. The van der Waals surface area contributed by atoms with Crippen LogP contribution in [0.1, 0.15) is 51.5 Å². The smallest absolute Gasteiger partial charge is 0.141 e. The van der Waals surface area contributed by atoms with Crippen LogP contribution in [0.15, 0.2) is 12.3 Å². The molecule has 0 unspecified atom stereocenters. The van der Waals surface area contributed by atoms with Gasteiger partial charge in [0.15, 0.2) is 0 Å². The average molecular weight is 291 g/mol. The number of anilines is 1. The van der Waals surface area contributed by atoms with Gasteiger partial charge in [-0.25, -0.2) is 9.37 Å². The number of hydrogen-bond acceptors (Lipinski definition) is 3. The molecule has 1 aromatic heterocycles. The number of aromatic nitrogens is 1. The summed E-state index contributed by atoms with van der Waals surface area (Å²) in [7, 11) is 0. The van der Waals surface area contributed by atoms with Gasteiger partial charge in [-0.2, -0.15) is 0 Å². The van der Waals surface area contributed by atoms with E-state index >= 15 is 0 Å². The van der Waals surface area contributed by atoms with E-state index in [1.807, 2.05) is 0 Å². The quantitative estimate of drug-likeness (QED) is 0.920. The third kappa shape index (κ3) is 3.94. The molecule has 1 aliphatic carbocycles. The molecule has 2 aliphatic rings. The van der Waals surface area contributed by atoms with Gasteiger partial charge in [-0.1, -0.05) is 13.8 Å². The molecule has 116 valence electrons. The fourth-order valence-electron chi connectivity index (χ4n) is 3.07. The zero-order chi connectivity index (χ0) is 14.9. The van der Waals surface area contributed by atoms with Crippen LogP contribution < -0.4 is 10.2 Å². The summed E-state index contributed by atoms with van der Waals surface area (Å²) >= 11 is 0. The van der Waals surface area contributed by atoms with Crippen LogP contribution in [0.25, 0.3) is 0 Å². The zero-order valence-electron chi connectivity index (χ0n) is 13.2. The van der Waals surface area contributed by atoms with Crippen LogP contribution in [-0.2, 0) is 6.54 Å². The molecule has 0 bridgehead atoms. The standard InChI is InChI=1S/C17H26FN3/c1-17(2)6-3-8-21(9-7-17)16-13(10-14(18)12-20-16)11-19-15-4-5-15/h10,12,15,19H,3-9,11H2,1-2H3. The van der Waals surface area contributed by atoms with Crippen LogP contribution in [0.5, 0.6) is 0 Å². The molecular weight excluding hydrogens is 265 g/mol. The lowest BCUT2D eigenvalue weighted by molar-refractivity contribution is 0.325. The van der Waals surface area contributed by atoms with Crippen molar-refractivity contribution in [2.45, 2.75) is 58.5 Å². The van der Waals surface area contributed by atoms with Gasteiger partial charge in [0.25, 0.3) is 0 Å². The van der Waals surface area contributed by atoms with Crippen molar-refractivity contribution in [3.05, 3.63) is 23.6 Å². The summed E-state index contributed by atoms with van der Waals surface area (Å²) in [6.07, 6.45) is 7.45. The van der Waals surface area contributed by atoms with E-state index in [1.54, 1.807) is 6.07 Å². The van der Waals surface area contributed by atoms with E-state index in [1.165, 1.54) is 38.3 Å². The fraction of sp³-hybridized carbons (Fsp3) is 0.706. The third-order valence-corrected chi connectivity index (χ3v) is 4.71. The number of nitrogens with one attached hydrogen (secondary N) is 1. The predicted molar refractivity (Wildman–Crippen MR) is 83.9 cm³/mol. The molecule has 3 nitrogen and oxygen atoms in total. The first-order valence-electron chi connectivity index (χ1n) is 8.16. The molecule has 0 amide bonds. The van der Waals surface area contributed by atoms with Crippen LogP contribution in [0.4, 0.5) is 10.2 Å². The molecule has 0 spiro atoms. The molecular formula is C17H26FN3. The Hall–Kier alpha value is -1.16. The van der Waals surface area contributed by atoms with Crippen molar-refractivity contribution < 1.29 is 4.39 Å². The van der Waals surface area contributed by atoms with E-state index in [9.17, 15) is 4.39 Å². The Morgan fingerprint density at radius 3 is 2.90 bits per heavy atom. The number of halogens is 1. The van der Waals surface area contributed by atoms with Crippen molar-refractivity contribution in [1.29, 1.82) is 0 Å². The topological polar surface area (TPSA) is 28.2 Å². The second kappa shape index (κ2) is 5.91. The Labute approximate surface area is 126 Å². The number of pyridine rings is 1. The van der Waals surface area contributed by atoms with Crippen LogP contribution >= 0.6 is 0 Å². The summed E-state index contributed by atoms with van der Waals surface area (Å²) in [6, 6.07) is 2.28. The molecule has 3 rings (SSSR count). The molecule has 0 atom stereocenters. The zero-order valence-corrected chi connectivity index (χ0v) is 13.2. The summed E-state index contributed by atoms with van der Waals surface area (Å²) in [6.45, 7) is 7.44. The highest BCUT2D eigenvalue weighted by Crippen LogP contribution is 2.32. The summed E-state index contributed by atoms with van der Waals surface area (Å²) in [5, 5.41) is 3.48. The first-order chi connectivity index (χ1) is 10.0. The highest BCUT2D eigenvalue weighted by atomic mass is 19.1. The largest absolute Gasteiger partial charge is 0.356 e. The van der Waals surface area contributed by atoms with Gasteiger partial charge in [-0.3, -0.25) is 0 Å². The van der Waals surface area contributed by atoms with Crippen molar-refractivity contribution in [1.82, 2.24) is 10.3 Å². The van der Waals surface area contributed by atoms with E-state index in [-0.39, 0.29) is 5.82 Å². The Bertz CT molecular complexity index is 497. The lowest BCUT2D eigenvalue weighted by Crippen LogP contribution is -2.28. The van der Waals surface area contributed by atoms with Crippen LogP contribution in [-0.4, -0.2) is 24.1 Å². The van der Waals surface area contributed by atoms with E-state index in [4.69, 9.17) is 0 Å². The van der Waals surface area contributed by atoms with E-state index in [0.717, 1.165) is 31.0 Å². The van der Waals surface area contributed by atoms with Crippen LogP contribution in [0.3, 0.4) is 0 Å². The molecule has 1 saturated heterocycles. The van der Waals surface area contributed by atoms with Crippen molar-refractivity contribution in [3.8, 4) is 0 Å². The fourth-order valence-corrected chi connectivity index (χ4v) is 3.07. The highest BCUT2D eigenvalue weighted by Gasteiger charge is 2.26. The SMILES string of the molecule is CC1(C)CCCN(c2ncc(F)cc2CNC2CC2)CC1. The lowest BCUT2D eigenvalue weighted by Gasteiger charge is -2.26. The Morgan fingerprint density at radius 2 is 2.14 bits per heavy atom. The maximum Gasteiger partial charge on any atom is 0.141 e. The second-order valence-corrected chi connectivity index (χ2v) is 7.30. The van der Waals surface area contributed by atoms with E-state index < -0.39 is 0 Å². The minimum atomic E-state index is -0.235. The van der Waals surface area contributed by atoms with E-state index in [2.05, 4.69) is 29.0 Å². The van der Waals surface area contributed by atoms with Crippen molar-refractivity contribution in [2.75, 3.05) is 18.0 Å². The minimum absolute atomic E-state index is 0.235. The van der Waals surface area contributed by atoms with Gasteiger partial charge in [-0.15, -0.1) is 0 Å². The van der Waals surface area contributed by atoms with Crippen molar-refractivity contribution in [2.24, 2.45) is 5.41 Å². The molecule has 1 aromatic rings. The third-order valence-electron chi connectivity index (χ3n) is 4.71. The molecule has 1 aliphatic heterocycles. The van der Waals surface area contributed by atoms with Crippen molar-refractivity contribution >= 4 is 5.82 Å². The Kier molecular flexibility index (Phi) is 4.16. The first kappa shape index (κ1) is 14.8. The molecule has 2 heterocycles. The van der Waals surface area contributed by atoms with E-state index in [0.29, 0.717) is 11.5 Å². The first-order valence-corrected chi connectivity index (χ1v) is 8.16. The van der Waals surface area contributed by atoms with Crippen LogP contribution in [0.2, 0.25) is 0 Å². The van der Waals surface area contributed by atoms with Gasteiger partial charge in [0.05, 0.1) is 6.20 Å². The Balaban J connectivity index is 1.76. The maximum atomic E-state index is 13.5. The van der Waals surface area contributed by atoms with Gasteiger partial charge >= 0.3 is 0 Å². The molecule has 1 saturated carbocycles. The summed E-state index contributed by atoms with van der Waals surface area (Å²) in [4.78, 5) is 6.75. The van der Waals surface area contributed by atoms with Gasteiger partial charge < -0.3 is 10.2 Å². The molecule has 4 heteroatoms. The molecule has 0 aromatic carbocycles. The lowest BCUT2D eigenvalue weighted by atomic mass is 9.85. The maximum absolute atomic E-state index is 13.5. The molecule has 21 heavy (non-hydrogen) atoms. The van der Waals surface area contributed by atoms with Gasteiger partial charge in [0.1, 0.15) is 11.6 Å². The second-order valence-electron chi connectivity index (χ2n) is 7.30. The average Bonchev–Trinajstić information content (AvgIpc) is 3.25. The molecule has 1 N–H and O–H groups in total. The predicted octanol–water partition coefficient (Wildman–Crippen LogP) is 3.49. The number of rotatable bonds is 4. The summed E-state index contributed by atoms with van der Waals surface area (Å²) in [5.74, 6) is 0.740. The van der Waals surface area contributed by atoms with Gasteiger partial charge in [0.2, 0.25) is 0 Å².